The van der Waals surface area contributed by atoms with Gasteiger partial charge in [-0.2, -0.15) is 0 Å². The lowest BCUT2D eigenvalue weighted by molar-refractivity contribution is -0.120. The summed E-state index contributed by atoms with van der Waals surface area (Å²) in [6.45, 7) is 3.07. The van der Waals surface area contributed by atoms with Crippen LogP contribution < -0.4 is 10.2 Å². The molecule has 0 saturated carbocycles. The van der Waals surface area contributed by atoms with Crippen LogP contribution >= 0.6 is 22.9 Å². The molecule has 0 aliphatic carbocycles. The summed E-state index contributed by atoms with van der Waals surface area (Å²) in [7, 11) is 0. The van der Waals surface area contributed by atoms with Crippen LogP contribution in [0.5, 0.6) is 0 Å². The quantitative estimate of drug-likeness (QED) is 0.734. The van der Waals surface area contributed by atoms with Crippen molar-refractivity contribution >= 4 is 49.9 Å². The lowest BCUT2D eigenvalue weighted by Crippen LogP contribution is -2.52. The van der Waals surface area contributed by atoms with Crippen LogP contribution in [0.15, 0.2) is 36.4 Å². The van der Waals surface area contributed by atoms with Crippen LogP contribution in [0.4, 0.5) is 15.2 Å². The average molecular weight is 376 g/mol. The monoisotopic (exact) mass is 375 g/mol. The van der Waals surface area contributed by atoms with Crippen molar-refractivity contribution in [3.05, 3.63) is 52.8 Å². The van der Waals surface area contributed by atoms with Gasteiger partial charge in [-0.15, -0.1) is 0 Å². The summed E-state index contributed by atoms with van der Waals surface area (Å²) >= 11 is 7.52. The van der Waals surface area contributed by atoms with Gasteiger partial charge in [0.05, 0.1) is 10.6 Å². The molecule has 1 amide bonds. The normalized spacial score (nSPS) is 14.6. The van der Waals surface area contributed by atoms with Gasteiger partial charge in [-0.1, -0.05) is 35.1 Å². The number of aryl methyl sites for hydroxylation is 1. The number of aromatic nitrogens is 1. The molecule has 0 radical (unpaired) electrons. The van der Waals surface area contributed by atoms with Gasteiger partial charge in [-0.25, -0.2) is 9.37 Å². The zero-order valence-electron chi connectivity index (χ0n) is 13.4. The molecule has 1 fully saturated rings. The molecule has 3 aromatic rings. The van der Waals surface area contributed by atoms with E-state index in [4.69, 9.17) is 11.6 Å². The zero-order valence-corrected chi connectivity index (χ0v) is 15.0. The second-order valence-corrected chi connectivity index (χ2v) is 7.55. The Morgan fingerprint density at radius 2 is 2.16 bits per heavy atom. The van der Waals surface area contributed by atoms with Gasteiger partial charge in [0, 0.05) is 23.8 Å². The summed E-state index contributed by atoms with van der Waals surface area (Å²) in [4.78, 5) is 18.7. The van der Waals surface area contributed by atoms with Crippen molar-refractivity contribution in [1.82, 2.24) is 4.98 Å². The lowest BCUT2D eigenvalue weighted by Gasteiger charge is -2.37. The van der Waals surface area contributed by atoms with Crippen molar-refractivity contribution in [2.45, 2.75) is 6.92 Å². The van der Waals surface area contributed by atoms with Gasteiger partial charge < -0.3 is 10.2 Å². The summed E-state index contributed by atoms with van der Waals surface area (Å²) in [5.41, 5.74) is 2.06. The Bertz CT molecular complexity index is 968. The summed E-state index contributed by atoms with van der Waals surface area (Å²) in [5.74, 6) is -0.466. The molecule has 0 bridgehead atoms. The molecular weight excluding hydrogens is 361 g/mol. The first kappa shape index (κ1) is 16.3. The minimum Gasteiger partial charge on any atom is -0.346 e. The van der Waals surface area contributed by atoms with Crippen molar-refractivity contribution in [3.8, 4) is 0 Å². The molecule has 1 aliphatic rings. The first-order valence-corrected chi connectivity index (χ1v) is 9.08. The number of hydrogen-bond donors (Lipinski definition) is 1. The number of fused-ring (bicyclic) bond motifs is 1. The number of nitrogens with zero attached hydrogens (tertiary/aromatic N) is 2. The number of amides is 1. The average Bonchev–Trinajstić information content (AvgIpc) is 2.94. The molecule has 128 valence electrons. The molecule has 1 N–H and O–H groups in total. The second kappa shape index (κ2) is 6.28. The molecule has 0 atom stereocenters. The van der Waals surface area contributed by atoms with Gasteiger partial charge >= 0.3 is 0 Å². The third kappa shape index (κ3) is 3.07. The lowest BCUT2D eigenvalue weighted by atomic mass is 10.00. The third-order valence-electron chi connectivity index (χ3n) is 4.32. The Morgan fingerprint density at radius 3 is 2.88 bits per heavy atom. The largest absolute Gasteiger partial charge is 0.346 e. The number of carbonyl (C=O) groups excluding carboxylic acids is 1. The Kier molecular flexibility index (Phi) is 4.09. The van der Waals surface area contributed by atoms with Gasteiger partial charge in [-0.05, 0) is 36.8 Å². The molecule has 1 aliphatic heterocycles. The van der Waals surface area contributed by atoms with Crippen LogP contribution in [0.3, 0.4) is 0 Å². The molecule has 1 aromatic heterocycles. The number of para-hydroxylation sites is 1. The maximum absolute atomic E-state index is 13.7. The Labute approximate surface area is 153 Å². The zero-order chi connectivity index (χ0) is 17.6. The van der Waals surface area contributed by atoms with E-state index in [0.717, 1.165) is 15.4 Å². The Balaban J connectivity index is 1.41. The number of carbonyl (C=O) groups is 1. The standard InChI is InChI=1S/C18H15ClFN3OS/c1-10-5-6-12(7-13(10)19)21-17(24)11-8-23(9-11)18-22-16-14(20)3-2-4-15(16)25-18/h2-7,11H,8-9H2,1H3,(H,21,24). The fourth-order valence-electron chi connectivity index (χ4n) is 2.75. The number of thiazole rings is 1. The van der Waals surface area contributed by atoms with Crippen LogP contribution in [0.1, 0.15) is 5.56 Å². The second-order valence-electron chi connectivity index (χ2n) is 6.14. The highest BCUT2D eigenvalue weighted by molar-refractivity contribution is 7.22. The molecule has 0 unspecified atom stereocenters. The van der Waals surface area contributed by atoms with Gasteiger partial charge in [-0.3, -0.25) is 4.79 Å². The third-order valence-corrected chi connectivity index (χ3v) is 5.81. The summed E-state index contributed by atoms with van der Waals surface area (Å²) in [5, 5.41) is 4.27. The van der Waals surface area contributed by atoms with Crippen LogP contribution in [0.2, 0.25) is 5.02 Å². The van der Waals surface area contributed by atoms with Crippen LogP contribution in [-0.2, 0) is 4.79 Å². The van der Waals surface area contributed by atoms with Crippen molar-refractivity contribution in [1.29, 1.82) is 0 Å². The smallest absolute Gasteiger partial charge is 0.231 e. The van der Waals surface area contributed by atoms with Crippen LogP contribution in [-0.4, -0.2) is 24.0 Å². The number of nitrogens with one attached hydrogen (secondary N) is 1. The molecule has 2 aromatic carbocycles. The first-order chi connectivity index (χ1) is 12.0. The molecule has 0 spiro atoms. The highest BCUT2D eigenvalue weighted by Gasteiger charge is 2.34. The van der Waals surface area contributed by atoms with Crippen molar-refractivity contribution in [2.75, 3.05) is 23.3 Å². The van der Waals surface area contributed by atoms with Gasteiger partial charge in [0.2, 0.25) is 5.91 Å². The molecule has 4 nitrogen and oxygen atoms in total. The SMILES string of the molecule is Cc1ccc(NC(=O)C2CN(c3nc4c(F)cccc4s3)C2)cc1Cl. The summed E-state index contributed by atoms with van der Waals surface area (Å²) in [6, 6.07) is 10.4. The number of anilines is 2. The molecule has 4 rings (SSSR count). The molecule has 2 heterocycles. The summed E-state index contributed by atoms with van der Waals surface area (Å²) < 4.78 is 14.6. The molecule has 1 saturated heterocycles. The van der Waals surface area contributed by atoms with Crippen molar-refractivity contribution < 1.29 is 9.18 Å². The highest BCUT2D eigenvalue weighted by Crippen LogP contribution is 2.34. The van der Waals surface area contributed by atoms with Gasteiger partial charge in [0.25, 0.3) is 0 Å². The Hall–Kier alpha value is -2.18. The molecular formula is C18H15ClFN3OS. The van der Waals surface area contributed by atoms with Crippen molar-refractivity contribution in [2.24, 2.45) is 5.92 Å². The Morgan fingerprint density at radius 1 is 1.36 bits per heavy atom. The van der Waals surface area contributed by atoms with Crippen LogP contribution in [0, 0.1) is 18.7 Å². The van der Waals surface area contributed by atoms with E-state index < -0.39 is 0 Å². The maximum Gasteiger partial charge on any atom is 0.231 e. The minimum absolute atomic E-state index is 0.0385. The topological polar surface area (TPSA) is 45.2 Å². The van der Waals surface area contributed by atoms with Gasteiger partial charge in [0.15, 0.2) is 5.13 Å². The number of benzene rings is 2. The predicted octanol–water partition coefficient (Wildman–Crippen LogP) is 4.47. The molecule has 7 heteroatoms. The number of hydrogen-bond acceptors (Lipinski definition) is 4. The fourth-order valence-corrected chi connectivity index (χ4v) is 3.93. The van der Waals surface area contributed by atoms with E-state index in [-0.39, 0.29) is 17.6 Å². The number of rotatable bonds is 3. The first-order valence-electron chi connectivity index (χ1n) is 7.88. The fraction of sp³-hybridized carbons (Fsp3) is 0.222. The maximum atomic E-state index is 13.7. The molecule has 25 heavy (non-hydrogen) atoms. The summed E-state index contributed by atoms with van der Waals surface area (Å²) in [6.07, 6.45) is 0. The van der Waals surface area contributed by atoms with Crippen LogP contribution in [0.25, 0.3) is 10.2 Å². The van der Waals surface area contributed by atoms with E-state index >= 15 is 0 Å². The van der Waals surface area contributed by atoms with E-state index in [2.05, 4.69) is 10.3 Å². The van der Waals surface area contributed by atoms with Gasteiger partial charge in [0.1, 0.15) is 11.3 Å². The van der Waals surface area contributed by atoms with E-state index in [1.807, 2.05) is 30.0 Å². The van der Waals surface area contributed by atoms with E-state index in [1.54, 1.807) is 12.1 Å². The minimum atomic E-state index is -0.314. The van der Waals surface area contributed by atoms with Crippen molar-refractivity contribution in [3.63, 3.8) is 0 Å². The van der Waals surface area contributed by atoms with E-state index in [0.29, 0.717) is 29.3 Å². The van der Waals surface area contributed by atoms with E-state index in [9.17, 15) is 9.18 Å². The van der Waals surface area contributed by atoms with E-state index in [1.165, 1.54) is 17.4 Å². The number of halogens is 2. The highest BCUT2D eigenvalue weighted by atomic mass is 35.5. The predicted molar refractivity (Wildman–Crippen MR) is 100 cm³/mol.